The molecule has 0 radical (unpaired) electrons. The lowest BCUT2D eigenvalue weighted by Gasteiger charge is -2.16. The molecule has 0 bridgehead atoms. The Kier molecular flexibility index (Phi) is 5.65. The number of imide groups is 1. The second-order valence-corrected chi connectivity index (χ2v) is 6.42. The van der Waals surface area contributed by atoms with Crippen LogP contribution >= 0.6 is 11.6 Å². The van der Waals surface area contributed by atoms with Crippen LogP contribution < -0.4 is 15.8 Å². The van der Waals surface area contributed by atoms with Gasteiger partial charge in [0.2, 0.25) is 11.8 Å². The molecular formula is C19H18ClN3O3. The number of hydrogen-bond donors (Lipinski definition) is 2. The zero-order valence-electron chi connectivity index (χ0n) is 13.9. The number of carbonyl (C=O) groups excluding carboxylic acids is 3. The monoisotopic (exact) mass is 371 g/mol. The highest BCUT2D eigenvalue weighted by Crippen LogP contribution is 2.24. The number of carbonyl (C=O) groups is 3. The summed E-state index contributed by atoms with van der Waals surface area (Å²) >= 11 is 5.83. The van der Waals surface area contributed by atoms with Crippen molar-refractivity contribution in [2.24, 2.45) is 0 Å². The normalized spacial score (nSPS) is 16.8. The molecule has 134 valence electrons. The van der Waals surface area contributed by atoms with Gasteiger partial charge in [0.1, 0.15) is 6.04 Å². The van der Waals surface area contributed by atoms with Crippen molar-refractivity contribution in [1.29, 1.82) is 0 Å². The number of anilines is 1. The van der Waals surface area contributed by atoms with E-state index in [2.05, 4.69) is 10.9 Å². The highest BCUT2D eigenvalue weighted by molar-refractivity contribution is 6.30. The van der Waals surface area contributed by atoms with Crippen LogP contribution in [0, 0.1) is 0 Å². The number of halogens is 1. The van der Waals surface area contributed by atoms with E-state index in [-0.39, 0.29) is 24.7 Å². The Bertz CT molecular complexity index is 809. The van der Waals surface area contributed by atoms with E-state index >= 15 is 0 Å². The Hall–Kier alpha value is -2.70. The van der Waals surface area contributed by atoms with Gasteiger partial charge in [0.25, 0.3) is 5.91 Å². The Labute approximate surface area is 156 Å². The molecule has 0 aromatic heterocycles. The van der Waals surface area contributed by atoms with E-state index in [1.807, 2.05) is 30.3 Å². The van der Waals surface area contributed by atoms with Crippen LogP contribution in [-0.2, 0) is 20.8 Å². The molecule has 3 amide bonds. The van der Waals surface area contributed by atoms with E-state index in [4.69, 9.17) is 11.6 Å². The number of benzene rings is 2. The van der Waals surface area contributed by atoms with Crippen molar-refractivity contribution < 1.29 is 14.4 Å². The highest BCUT2D eigenvalue weighted by atomic mass is 35.5. The van der Waals surface area contributed by atoms with Crippen molar-refractivity contribution in [2.75, 3.05) is 4.90 Å². The van der Waals surface area contributed by atoms with Gasteiger partial charge in [0, 0.05) is 11.4 Å². The van der Waals surface area contributed by atoms with Crippen LogP contribution in [0.4, 0.5) is 5.69 Å². The second kappa shape index (κ2) is 8.12. The first-order chi connectivity index (χ1) is 12.5. The first kappa shape index (κ1) is 18.1. The number of rotatable bonds is 6. The molecule has 1 aliphatic heterocycles. The van der Waals surface area contributed by atoms with E-state index in [0.29, 0.717) is 17.1 Å². The lowest BCUT2D eigenvalue weighted by molar-refractivity contribution is -0.123. The smallest absolute Gasteiger partial charge is 0.253 e. The molecule has 26 heavy (non-hydrogen) atoms. The lowest BCUT2D eigenvalue weighted by Crippen LogP contribution is -2.48. The van der Waals surface area contributed by atoms with Crippen molar-refractivity contribution >= 4 is 35.0 Å². The first-order valence-electron chi connectivity index (χ1n) is 8.25. The Balaban J connectivity index is 1.52. The van der Waals surface area contributed by atoms with Gasteiger partial charge in [-0.05, 0) is 36.2 Å². The van der Waals surface area contributed by atoms with Crippen LogP contribution in [0.1, 0.15) is 18.4 Å². The molecule has 1 heterocycles. The zero-order chi connectivity index (χ0) is 18.5. The van der Waals surface area contributed by atoms with Crippen molar-refractivity contribution in [1.82, 2.24) is 10.9 Å². The molecule has 2 N–H and O–H groups in total. The summed E-state index contributed by atoms with van der Waals surface area (Å²) in [6, 6.07) is 15.3. The molecule has 1 saturated heterocycles. The molecule has 6 nitrogen and oxygen atoms in total. The Morgan fingerprint density at radius 1 is 1.08 bits per heavy atom. The van der Waals surface area contributed by atoms with E-state index in [1.54, 1.807) is 24.3 Å². The summed E-state index contributed by atoms with van der Waals surface area (Å²) in [4.78, 5) is 37.7. The average molecular weight is 372 g/mol. The summed E-state index contributed by atoms with van der Waals surface area (Å²) in [6.07, 6.45) is 0.871. The quantitative estimate of drug-likeness (QED) is 0.603. The molecule has 0 aliphatic carbocycles. The molecule has 2 aromatic rings. The predicted octanol–water partition coefficient (Wildman–Crippen LogP) is 2.23. The number of aryl methyl sites for hydroxylation is 1. The topological polar surface area (TPSA) is 78.5 Å². The average Bonchev–Trinajstić information content (AvgIpc) is 2.93. The van der Waals surface area contributed by atoms with Gasteiger partial charge in [-0.15, -0.1) is 0 Å². The summed E-state index contributed by atoms with van der Waals surface area (Å²) in [7, 11) is 0. The van der Waals surface area contributed by atoms with Crippen molar-refractivity contribution in [2.45, 2.75) is 25.3 Å². The van der Waals surface area contributed by atoms with Crippen molar-refractivity contribution in [3.8, 4) is 0 Å². The fraction of sp³-hybridized carbons (Fsp3) is 0.211. The minimum atomic E-state index is -0.779. The van der Waals surface area contributed by atoms with E-state index in [9.17, 15) is 14.4 Å². The van der Waals surface area contributed by atoms with E-state index in [0.717, 1.165) is 10.5 Å². The number of hydrogen-bond acceptors (Lipinski definition) is 4. The van der Waals surface area contributed by atoms with Crippen molar-refractivity contribution in [3.63, 3.8) is 0 Å². The van der Waals surface area contributed by atoms with Gasteiger partial charge in [-0.1, -0.05) is 41.9 Å². The lowest BCUT2D eigenvalue weighted by atomic mass is 10.1. The molecular weight excluding hydrogens is 354 g/mol. The molecule has 1 atom stereocenters. The number of hydrazine groups is 1. The molecule has 0 saturated carbocycles. The molecule has 1 unspecified atom stereocenters. The highest BCUT2D eigenvalue weighted by Gasteiger charge is 2.39. The van der Waals surface area contributed by atoms with Crippen LogP contribution in [0.2, 0.25) is 5.02 Å². The minimum Gasteiger partial charge on any atom is -0.291 e. The number of nitrogens with one attached hydrogen (secondary N) is 2. The summed E-state index contributed by atoms with van der Waals surface area (Å²) in [6.45, 7) is 0. The van der Waals surface area contributed by atoms with Crippen molar-refractivity contribution in [3.05, 3.63) is 65.2 Å². The second-order valence-electron chi connectivity index (χ2n) is 5.98. The summed E-state index contributed by atoms with van der Waals surface area (Å²) in [5, 5.41) is 0.521. The maximum absolute atomic E-state index is 12.5. The fourth-order valence-corrected chi connectivity index (χ4v) is 2.86. The van der Waals surface area contributed by atoms with Gasteiger partial charge >= 0.3 is 0 Å². The minimum absolute atomic E-state index is 0.0135. The number of amides is 3. The first-order valence-corrected chi connectivity index (χ1v) is 8.63. The molecule has 1 aliphatic rings. The largest absolute Gasteiger partial charge is 0.291 e. The van der Waals surface area contributed by atoms with Gasteiger partial charge in [-0.3, -0.25) is 19.8 Å². The number of nitrogens with zero attached hydrogens (tertiary/aromatic N) is 1. The maximum Gasteiger partial charge on any atom is 0.253 e. The molecule has 1 fully saturated rings. The summed E-state index contributed by atoms with van der Waals surface area (Å²) in [5.74, 6) is -0.965. The molecule has 0 spiro atoms. The van der Waals surface area contributed by atoms with Crippen LogP contribution in [-0.4, -0.2) is 23.8 Å². The third kappa shape index (κ3) is 4.28. The summed E-state index contributed by atoms with van der Waals surface area (Å²) < 4.78 is 0. The van der Waals surface area contributed by atoms with Crippen LogP contribution in [0.25, 0.3) is 0 Å². The van der Waals surface area contributed by atoms with Crippen LogP contribution in [0.5, 0.6) is 0 Å². The van der Waals surface area contributed by atoms with Gasteiger partial charge < -0.3 is 0 Å². The van der Waals surface area contributed by atoms with Crippen LogP contribution in [0.3, 0.4) is 0 Å². The third-order valence-corrected chi connectivity index (χ3v) is 4.35. The van der Waals surface area contributed by atoms with Gasteiger partial charge in [-0.25, -0.2) is 10.3 Å². The van der Waals surface area contributed by atoms with Crippen LogP contribution in [0.15, 0.2) is 54.6 Å². The molecule has 7 heteroatoms. The van der Waals surface area contributed by atoms with E-state index in [1.165, 1.54) is 0 Å². The Morgan fingerprint density at radius 3 is 2.46 bits per heavy atom. The van der Waals surface area contributed by atoms with Gasteiger partial charge in [0.15, 0.2) is 0 Å². The Morgan fingerprint density at radius 2 is 1.77 bits per heavy atom. The fourth-order valence-electron chi connectivity index (χ4n) is 2.74. The SMILES string of the molecule is O=C(CCc1ccccc1)NNC1CC(=O)N(c2ccc(Cl)cc2)C1=O. The van der Waals surface area contributed by atoms with Gasteiger partial charge in [-0.2, -0.15) is 0 Å². The molecule has 2 aromatic carbocycles. The maximum atomic E-state index is 12.5. The van der Waals surface area contributed by atoms with Gasteiger partial charge in [0.05, 0.1) is 12.1 Å². The summed E-state index contributed by atoms with van der Waals surface area (Å²) in [5.41, 5.74) is 6.71. The zero-order valence-corrected chi connectivity index (χ0v) is 14.7. The molecule has 3 rings (SSSR count). The third-order valence-electron chi connectivity index (χ3n) is 4.10. The standard InChI is InChI=1S/C19H18ClN3O3/c20-14-7-9-15(10-8-14)23-18(25)12-16(19(23)26)21-22-17(24)11-6-13-4-2-1-3-5-13/h1-5,7-10,16,21H,6,11-12H2,(H,22,24). The van der Waals surface area contributed by atoms with E-state index < -0.39 is 11.9 Å². The predicted molar refractivity (Wildman–Crippen MR) is 98.4 cm³/mol.